The molecule has 0 aliphatic carbocycles. The number of nitrogens with zero attached hydrogens (tertiary/aromatic N) is 4. The summed E-state index contributed by atoms with van der Waals surface area (Å²) in [5.74, 6) is -0.812. The molecular formula is C23H25FN4O4S. The number of piperazine rings is 1. The second kappa shape index (κ2) is 9.03. The number of anilines is 1. The van der Waals surface area contributed by atoms with Crippen LogP contribution in [0, 0.1) is 19.7 Å². The largest absolute Gasteiger partial charge is 0.461 e. The van der Waals surface area contributed by atoms with Gasteiger partial charge in [0.1, 0.15) is 5.82 Å². The number of rotatable bonds is 5. The molecule has 0 saturated carbocycles. The van der Waals surface area contributed by atoms with Crippen molar-refractivity contribution in [3.05, 3.63) is 59.0 Å². The van der Waals surface area contributed by atoms with Crippen LogP contribution in [0.3, 0.4) is 0 Å². The molecule has 0 N–H and O–H groups in total. The van der Waals surface area contributed by atoms with E-state index in [1.165, 1.54) is 22.5 Å². The molecule has 0 amide bonds. The van der Waals surface area contributed by atoms with E-state index >= 15 is 0 Å². The fraction of sp³-hybridized carbons (Fsp3) is 0.348. The summed E-state index contributed by atoms with van der Waals surface area (Å²) < 4.78 is 45.9. The number of aromatic nitrogens is 2. The molecule has 1 aliphatic heterocycles. The van der Waals surface area contributed by atoms with Gasteiger partial charge in [0, 0.05) is 26.2 Å². The van der Waals surface area contributed by atoms with Gasteiger partial charge in [0.15, 0.2) is 11.5 Å². The Labute approximate surface area is 192 Å². The van der Waals surface area contributed by atoms with Gasteiger partial charge in [0.05, 0.1) is 22.5 Å². The van der Waals surface area contributed by atoms with E-state index in [0.717, 1.165) is 17.2 Å². The summed E-state index contributed by atoms with van der Waals surface area (Å²) >= 11 is 0. The molecule has 3 aromatic rings. The third kappa shape index (κ3) is 4.53. The van der Waals surface area contributed by atoms with E-state index in [0.29, 0.717) is 29.9 Å². The van der Waals surface area contributed by atoms with Crippen LogP contribution in [0.5, 0.6) is 0 Å². The lowest BCUT2D eigenvalue weighted by molar-refractivity contribution is 0.0520. The predicted octanol–water partition coefficient (Wildman–Crippen LogP) is 3.07. The van der Waals surface area contributed by atoms with Crippen LogP contribution in [-0.2, 0) is 14.8 Å². The summed E-state index contributed by atoms with van der Waals surface area (Å²) in [6, 6.07) is 8.77. The van der Waals surface area contributed by atoms with E-state index in [4.69, 9.17) is 9.72 Å². The Morgan fingerprint density at radius 3 is 2.27 bits per heavy atom. The van der Waals surface area contributed by atoms with Gasteiger partial charge in [-0.25, -0.2) is 27.6 Å². The van der Waals surface area contributed by atoms with Crippen LogP contribution in [0.25, 0.3) is 11.0 Å². The highest BCUT2D eigenvalue weighted by Gasteiger charge is 2.31. The maximum absolute atomic E-state index is 13.6. The van der Waals surface area contributed by atoms with Crippen LogP contribution in [0.1, 0.15) is 28.5 Å². The summed E-state index contributed by atoms with van der Waals surface area (Å²) in [5, 5.41) is 0. The molecule has 10 heteroatoms. The van der Waals surface area contributed by atoms with Crippen LogP contribution in [0.15, 0.2) is 41.3 Å². The van der Waals surface area contributed by atoms with Gasteiger partial charge in [-0.15, -0.1) is 0 Å². The van der Waals surface area contributed by atoms with Gasteiger partial charge in [-0.1, -0.05) is 6.07 Å². The van der Waals surface area contributed by atoms with Crippen molar-refractivity contribution < 1.29 is 22.3 Å². The Kier molecular flexibility index (Phi) is 6.31. The Bertz CT molecular complexity index is 1320. The monoisotopic (exact) mass is 472 g/mol. The van der Waals surface area contributed by atoms with Crippen LogP contribution >= 0.6 is 0 Å². The fourth-order valence-electron chi connectivity index (χ4n) is 3.78. The van der Waals surface area contributed by atoms with Crippen molar-refractivity contribution in [2.24, 2.45) is 0 Å². The molecule has 1 saturated heterocycles. The molecule has 8 nitrogen and oxygen atoms in total. The second-order valence-electron chi connectivity index (χ2n) is 7.89. The minimum absolute atomic E-state index is 0.0838. The molecule has 0 atom stereocenters. The van der Waals surface area contributed by atoms with Crippen molar-refractivity contribution >= 4 is 32.8 Å². The van der Waals surface area contributed by atoms with Gasteiger partial charge in [-0.05, 0) is 62.2 Å². The van der Waals surface area contributed by atoms with Crippen molar-refractivity contribution in [1.82, 2.24) is 14.3 Å². The number of aryl methyl sites for hydroxylation is 2. The van der Waals surface area contributed by atoms with Gasteiger partial charge in [-0.2, -0.15) is 4.31 Å². The maximum Gasteiger partial charge on any atom is 0.360 e. The Balaban J connectivity index is 1.65. The summed E-state index contributed by atoms with van der Waals surface area (Å²) in [6.45, 7) is 6.78. The van der Waals surface area contributed by atoms with E-state index in [1.54, 1.807) is 6.92 Å². The molecule has 1 aliphatic rings. The molecule has 33 heavy (non-hydrogen) atoms. The molecule has 0 unspecified atom stereocenters. The van der Waals surface area contributed by atoms with Crippen molar-refractivity contribution in [1.29, 1.82) is 0 Å². The standard InChI is InChI=1S/C23H25FN4O4S/c1-4-32-23(29)21-22(26-20-13-16(3)15(2)12-19(20)25-21)27-8-10-28(11-9-27)33(30,31)18-7-5-6-17(24)14-18/h5-7,12-14H,4,8-11H2,1-3H3. The quantitative estimate of drug-likeness (QED) is 0.527. The summed E-state index contributed by atoms with van der Waals surface area (Å²) in [6.07, 6.45) is 0. The average molecular weight is 473 g/mol. The van der Waals surface area contributed by atoms with E-state index in [9.17, 15) is 17.6 Å². The van der Waals surface area contributed by atoms with Crippen molar-refractivity contribution in [2.75, 3.05) is 37.7 Å². The zero-order valence-corrected chi connectivity index (χ0v) is 19.5. The van der Waals surface area contributed by atoms with Crippen LogP contribution in [-0.4, -0.2) is 61.4 Å². The lowest BCUT2D eigenvalue weighted by atomic mass is 10.1. The molecule has 1 fully saturated rings. The maximum atomic E-state index is 13.6. The van der Waals surface area contributed by atoms with Gasteiger partial charge in [-0.3, -0.25) is 0 Å². The lowest BCUT2D eigenvalue weighted by Crippen LogP contribution is -2.49. The van der Waals surface area contributed by atoms with Gasteiger partial charge >= 0.3 is 5.97 Å². The van der Waals surface area contributed by atoms with Crippen molar-refractivity contribution in [2.45, 2.75) is 25.7 Å². The Morgan fingerprint density at radius 1 is 1.03 bits per heavy atom. The SMILES string of the molecule is CCOC(=O)c1nc2cc(C)c(C)cc2nc1N1CCN(S(=O)(=O)c2cccc(F)c2)CC1. The second-order valence-corrected chi connectivity index (χ2v) is 9.83. The van der Waals surface area contributed by atoms with E-state index in [2.05, 4.69) is 4.98 Å². The topological polar surface area (TPSA) is 92.7 Å². The fourth-order valence-corrected chi connectivity index (χ4v) is 5.23. The number of hydrogen-bond donors (Lipinski definition) is 0. The molecule has 0 spiro atoms. The molecule has 0 radical (unpaired) electrons. The van der Waals surface area contributed by atoms with E-state index in [1.807, 2.05) is 30.9 Å². The first-order valence-corrected chi connectivity index (χ1v) is 12.1. The molecule has 2 aromatic carbocycles. The number of esters is 1. The Hall–Kier alpha value is -3.11. The number of hydrogen-bond acceptors (Lipinski definition) is 7. The van der Waals surface area contributed by atoms with Crippen molar-refractivity contribution in [3.63, 3.8) is 0 Å². The number of sulfonamides is 1. The first kappa shape index (κ1) is 23.1. The number of fused-ring (bicyclic) bond motifs is 1. The third-order valence-corrected chi connectivity index (χ3v) is 7.60. The molecule has 2 heterocycles. The third-order valence-electron chi connectivity index (χ3n) is 5.70. The first-order valence-electron chi connectivity index (χ1n) is 10.7. The summed E-state index contributed by atoms with van der Waals surface area (Å²) in [7, 11) is -3.83. The number of benzene rings is 2. The van der Waals surface area contributed by atoms with Crippen molar-refractivity contribution in [3.8, 4) is 0 Å². The van der Waals surface area contributed by atoms with Gasteiger partial charge in [0.2, 0.25) is 10.0 Å². The number of carbonyl (C=O) groups is 1. The zero-order valence-electron chi connectivity index (χ0n) is 18.7. The molecule has 4 rings (SSSR count). The summed E-state index contributed by atoms with van der Waals surface area (Å²) in [4.78, 5) is 23.7. The Morgan fingerprint density at radius 2 is 1.67 bits per heavy atom. The smallest absolute Gasteiger partial charge is 0.360 e. The zero-order chi connectivity index (χ0) is 23.8. The van der Waals surface area contributed by atoms with E-state index in [-0.39, 0.29) is 30.3 Å². The molecule has 174 valence electrons. The average Bonchev–Trinajstić information content (AvgIpc) is 2.79. The summed E-state index contributed by atoms with van der Waals surface area (Å²) in [5.41, 5.74) is 3.44. The minimum atomic E-state index is -3.83. The van der Waals surface area contributed by atoms with Crippen LogP contribution in [0.2, 0.25) is 0 Å². The first-order chi connectivity index (χ1) is 15.7. The normalized spacial score (nSPS) is 15.1. The molecule has 0 bridgehead atoms. The number of ether oxygens (including phenoxy) is 1. The highest BCUT2D eigenvalue weighted by molar-refractivity contribution is 7.89. The molecular weight excluding hydrogens is 447 g/mol. The molecule has 1 aromatic heterocycles. The van der Waals surface area contributed by atoms with Crippen LogP contribution in [0.4, 0.5) is 10.2 Å². The predicted molar refractivity (Wildman–Crippen MR) is 122 cm³/mol. The van der Waals surface area contributed by atoms with Gasteiger partial charge in [0.25, 0.3) is 0 Å². The number of halogens is 1. The van der Waals surface area contributed by atoms with E-state index < -0.39 is 21.8 Å². The highest BCUT2D eigenvalue weighted by atomic mass is 32.2. The van der Waals surface area contributed by atoms with Crippen LogP contribution < -0.4 is 4.90 Å². The lowest BCUT2D eigenvalue weighted by Gasteiger charge is -2.35. The minimum Gasteiger partial charge on any atom is -0.461 e. The number of carbonyl (C=O) groups excluding carboxylic acids is 1. The van der Waals surface area contributed by atoms with Gasteiger partial charge < -0.3 is 9.64 Å². The highest BCUT2D eigenvalue weighted by Crippen LogP contribution is 2.26.